The lowest BCUT2D eigenvalue weighted by atomic mass is 10.2. The van der Waals surface area contributed by atoms with E-state index in [0.29, 0.717) is 17.5 Å². The van der Waals surface area contributed by atoms with E-state index in [2.05, 4.69) is 15.5 Å². The summed E-state index contributed by atoms with van der Waals surface area (Å²) in [6.45, 7) is 0. The standard InChI is InChI=1S/C14H11ClF3N3O/c1-22-12-5-3-2-4-9(12)7-20-21-13-11(15)6-10(8-19-13)14(16,17)18/h2-8H,1H3,(H,19,21)/b20-7-. The number of anilines is 1. The summed E-state index contributed by atoms with van der Waals surface area (Å²) in [5, 5.41) is 3.72. The fourth-order valence-corrected chi connectivity index (χ4v) is 1.82. The monoisotopic (exact) mass is 329 g/mol. The zero-order valence-electron chi connectivity index (χ0n) is 11.4. The number of aromatic nitrogens is 1. The van der Waals surface area contributed by atoms with Crippen LogP contribution in [-0.2, 0) is 6.18 Å². The Labute approximate surface area is 129 Å². The van der Waals surface area contributed by atoms with Gasteiger partial charge in [0.15, 0.2) is 5.82 Å². The Bertz CT molecular complexity index is 689. The summed E-state index contributed by atoms with van der Waals surface area (Å²) >= 11 is 5.75. The molecule has 1 aromatic carbocycles. The molecule has 116 valence electrons. The summed E-state index contributed by atoms with van der Waals surface area (Å²) in [5.74, 6) is 0.639. The second-order valence-electron chi connectivity index (χ2n) is 4.16. The molecule has 0 saturated heterocycles. The largest absolute Gasteiger partial charge is 0.496 e. The van der Waals surface area contributed by atoms with Crippen LogP contribution in [0.3, 0.4) is 0 Å². The maximum atomic E-state index is 12.5. The van der Waals surface area contributed by atoms with Gasteiger partial charge in [-0.3, -0.25) is 5.43 Å². The first-order valence-corrected chi connectivity index (χ1v) is 6.44. The number of benzene rings is 1. The number of pyridine rings is 1. The van der Waals surface area contributed by atoms with Crippen LogP contribution in [0.2, 0.25) is 5.02 Å². The molecule has 8 heteroatoms. The first-order chi connectivity index (χ1) is 10.4. The number of nitrogens with zero attached hydrogens (tertiary/aromatic N) is 2. The van der Waals surface area contributed by atoms with Crippen molar-refractivity contribution >= 4 is 23.6 Å². The van der Waals surface area contributed by atoms with E-state index >= 15 is 0 Å². The van der Waals surface area contributed by atoms with Gasteiger partial charge in [0.25, 0.3) is 0 Å². The van der Waals surface area contributed by atoms with Crippen LogP contribution in [0.1, 0.15) is 11.1 Å². The molecule has 1 N–H and O–H groups in total. The second kappa shape index (κ2) is 6.65. The molecule has 0 bridgehead atoms. The van der Waals surface area contributed by atoms with Crippen LogP contribution in [0, 0.1) is 0 Å². The molecule has 4 nitrogen and oxygen atoms in total. The molecule has 0 atom stereocenters. The maximum absolute atomic E-state index is 12.5. The molecule has 0 spiro atoms. The number of ether oxygens (including phenoxy) is 1. The summed E-state index contributed by atoms with van der Waals surface area (Å²) in [6.07, 6.45) is -2.35. The summed E-state index contributed by atoms with van der Waals surface area (Å²) in [5.41, 5.74) is 2.27. The first-order valence-electron chi connectivity index (χ1n) is 6.06. The topological polar surface area (TPSA) is 46.5 Å². The van der Waals surface area contributed by atoms with Crippen molar-refractivity contribution in [3.8, 4) is 5.75 Å². The summed E-state index contributed by atoms with van der Waals surface area (Å²) < 4.78 is 42.6. The highest BCUT2D eigenvalue weighted by atomic mass is 35.5. The van der Waals surface area contributed by atoms with Gasteiger partial charge >= 0.3 is 6.18 Å². The molecule has 1 heterocycles. The molecule has 1 aromatic heterocycles. The Morgan fingerprint density at radius 1 is 1.32 bits per heavy atom. The highest BCUT2D eigenvalue weighted by Crippen LogP contribution is 2.32. The minimum atomic E-state index is -4.49. The molecule has 22 heavy (non-hydrogen) atoms. The van der Waals surface area contributed by atoms with Crippen molar-refractivity contribution in [3.63, 3.8) is 0 Å². The Kier molecular flexibility index (Phi) is 4.87. The van der Waals surface area contributed by atoms with Crippen LogP contribution in [0.5, 0.6) is 5.75 Å². The van der Waals surface area contributed by atoms with E-state index in [0.717, 1.165) is 6.07 Å². The molecular formula is C14H11ClF3N3O. The van der Waals surface area contributed by atoms with Crippen LogP contribution in [0.4, 0.5) is 19.0 Å². The molecule has 2 rings (SSSR count). The van der Waals surface area contributed by atoms with Crippen molar-refractivity contribution in [3.05, 3.63) is 52.7 Å². The van der Waals surface area contributed by atoms with Crippen LogP contribution < -0.4 is 10.2 Å². The van der Waals surface area contributed by atoms with Gasteiger partial charge in [-0.05, 0) is 18.2 Å². The second-order valence-corrected chi connectivity index (χ2v) is 4.57. The van der Waals surface area contributed by atoms with E-state index in [9.17, 15) is 13.2 Å². The van der Waals surface area contributed by atoms with Crippen molar-refractivity contribution in [2.75, 3.05) is 12.5 Å². The van der Waals surface area contributed by atoms with Crippen LogP contribution in [0.15, 0.2) is 41.6 Å². The van der Waals surface area contributed by atoms with E-state index < -0.39 is 11.7 Å². The lowest BCUT2D eigenvalue weighted by Crippen LogP contribution is -2.06. The number of hydrazone groups is 1. The maximum Gasteiger partial charge on any atom is 0.417 e. The first kappa shape index (κ1) is 16.1. The average Bonchev–Trinajstić information content (AvgIpc) is 2.48. The van der Waals surface area contributed by atoms with Crippen molar-refractivity contribution in [2.24, 2.45) is 5.10 Å². The molecule has 0 fully saturated rings. The van der Waals surface area contributed by atoms with Gasteiger partial charge in [-0.1, -0.05) is 23.7 Å². The van der Waals surface area contributed by atoms with E-state index in [1.807, 2.05) is 0 Å². The van der Waals surface area contributed by atoms with E-state index in [1.165, 1.54) is 13.3 Å². The highest BCUT2D eigenvalue weighted by molar-refractivity contribution is 6.32. The average molecular weight is 330 g/mol. The summed E-state index contributed by atoms with van der Waals surface area (Å²) in [7, 11) is 1.52. The summed E-state index contributed by atoms with van der Waals surface area (Å²) in [4.78, 5) is 3.61. The van der Waals surface area contributed by atoms with Gasteiger partial charge in [-0.2, -0.15) is 18.3 Å². The van der Waals surface area contributed by atoms with Gasteiger partial charge in [0.05, 0.1) is 23.9 Å². The van der Waals surface area contributed by atoms with E-state index in [-0.39, 0.29) is 10.8 Å². The molecule has 0 aliphatic carbocycles. The van der Waals surface area contributed by atoms with Gasteiger partial charge < -0.3 is 4.74 Å². The van der Waals surface area contributed by atoms with Gasteiger partial charge in [0, 0.05) is 11.8 Å². The predicted molar refractivity (Wildman–Crippen MR) is 78.5 cm³/mol. The van der Waals surface area contributed by atoms with Crippen molar-refractivity contribution in [1.82, 2.24) is 4.98 Å². The fraction of sp³-hybridized carbons (Fsp3) is 0.143. The number of para-hydroxylation sites is 1. The highest BCUT2D eigenvalue weighted by Gasteiger charge is 2.31. The number of rotatable bonds is 4. The Morgan fingerprint density at radius 2 is 2.05 bits per heavy atom. The fourth-order valence-electron chi connectivity index (χ4n) is 1.61. The SMILES string of the molecule is COc1ccccc1/C=N\Nc1ncc(C(F)(F)F)cc1Cl. The number of methoxy groups -OCH3 is 1. The number of halogens is 4. The van der Waals surface area contributed by atoms with Crippen molar-refractivity contribution in [1.29, 1.82) is 0 Å². The minimum Gasteiger partial charge on any atom is -0.496 e. The molecule has 0 unspecified atom stereocenters. The Balaban J connectivity index is 2.13. The Hall–Kier alpha value is -2.28. The summed E-state index contributed by atoms with van der Waals surface area (Å²) in [6, 6.07) is 7.91. The van der Waals surface area contributed by atoms with Crippen LogP contribution in [0.25, 0.3) is 0 Å². The number of alkyl halides is 3. The third kappa shape index (κ3) is 3.88. The number of hydrogen-bond donors (Lipinski definition) is 1. The van der Waals surface area contributed by atoms with Gasteiger partial charge in [-0.25, -0.2) is 4.98 Å². The molecule has 0 aliphatic rings. The molecule has 2 aromatic rings. The lowest BCUT2D eigenvalue weighted by molar-refractivity contribution is -0.137. The minimum absolute atomic E-state index is 0.0285. The number of nitrogens with one attached hydrogen (secondary N) is 1. The Morgan fingerprint density at radius 3 is 2.68 bits per heavy atom. The third-order valence-electron chi connectivity index (χ3n) is 2.68. The smallest absolute Gasteiger partial charge is 0.417 e. The number of hydrogen-bond acceptors (Lipinski definition) is 4. The third-order valence-corrected chi connectivity index (χ3v) is 2.97. The van der Waals surface area contributed by atoms with Gasteiger partial charge in [0.2, 0.25) is 0 Å². The van der Waals surface area contributed by atoms with Crippen LogP contribution >= 0.6 is 11.6 Å². The quantitative estimate of drug-likeness (QED) is 0.675. The zero-order valence-corrected chi connectivity index (χ0v) is 12.1. The molecule has 0 saturated carbocycles. The van der Waals surface area contributed by atoms with E-state index in [1.54, 1.807) is 24.3 Å². The van der Waals surface area contributed by atoms with E-state index in [4.69, 9.17) is 16.3 Å². The normalized spacial score (nSPS) is 11.7. The molecule has 0 radical (unpaired) electrons. The molecule has 0 amide bonds. The van der Waals surface area contributed by atoms with Crippen molar-refractivity contribution < 1.29 is 17.9 Å². The van der Waals surface area contributed by atoms with Crippen LogP contribution in [-0.4, -0.2) is 18.3 Å². The van der Waals surface area contributed by atoms with Crippen molar-refractivity contribution in [2.45, 2.75) is 6.18 Å². The molecular weight excluding hydrogens is 319 g/mol. The lowest BCUT2D eigenvalue weighted by Gasteiger charge is -2.08. The predicted octanol–water partition coefficient (Wildman–Crippen LogP) is 4.21. The van der Waals surface area contributed by atoms with Gasteiger partial charge in [-0.15, -0.1) is 0 Å². The van der Waals surface area contributed by atoms with Gasteiger partial charge in [0.1, 0.15) is 5.75 Å². The zero-order chi connectivity index (χ0) is 16.2. The molecule has 0 aliphatic heterocycles.